The van der Waals surface area contributed by atoms with E-state index in [2.05, 4.69) is 15.2 Å². The highest BCUT2D eigenvalue weighted by atomic mass is 32.2. The Morgan fingerprint density at radius 3 is 2.55 bits per heavy atom. The first-order valence-corrected chi connectivity index (χ1v) is 8.65. The largest absolute Gasteiger partial charge is 0.371 e. The van der Waals surface area contributed by atoms with E-state index >= 15 is 0 Å². The van der Waals surface area contributed by atoms with Gasteiger partial charge in [0.15, 0.2) is 0 Å². The highest BCUT2D eigenvalue weighted by molar-refractivity contribution is 7.89. The standard InChI is InChI=1S/C13H22N4O2S/c14-20(18,19)11-1-6-16-12-4-9-17(10-5-12)13-2-7-15-8-3-13/h2-3,7-8,12,16H,1,4-6,9-11H2,(H2,14,18,19). The molecule has 3 N–H and O–H groups in total. The number of hydrogen-bond acceptors (Lipinski definition) is 5. The van der Waals surface area contributed by atoms with Gasteiger partial charge in [-0.2, -0.15) is 0 Å². The van der Waals surface area contributed by atoms with Gasteiger partial charge in [0.05, 0.1) is 5.75 Å². The van der Waals surface area contributed by atoms with Crippen LogP contribution >= 0.6 is 0 Å². The molecule has 2 heterocycles. The van der Waals surface area contributed by atoms with Crippen molar-refractivity contribution in [2.45, 2.75) is 25.3 Å². The molecule has 112 valence electrons. The first kappa shape index (κ1) is 15.2. The SMILES string of the molecule is NS(=O)(=O)CCCNC1CCN(c2ccncc2)CC1. The number of nitrogens with zero attached hydrogens (tertiary/aromatic N) is 2. The van der Waals surface area contributed by atoms with Crippen molar-refractivity contribution < 1.29 is 8.42 Å². The van der Waals surface area contributed by atoms with E-state index in [1.54, 1.807) is 0 Å². The van der Waals surface area contributed by atoms with Crippen molar-refractivity contribution in [2.75, 3.05) is 30.3 Å². The van der Waals surface area contributed by atoms with E-state index in [1.165, 1.54) is 5.69 Å². The molecule has 0 saturated carbocycles. The second-order valence-corrected chi connectivity index (χ2v) is 6.88. The van der Waals surface area contributed by atoms with E-state index in [-0.39, 0.29) is 5.75 Å². The monoisotopic (exact) mass is 298 g/mol. The Morgan fingerprint density at radius 2 is 1.95 bits per heavy atom. The van der Waals surface area contributed by atoms with Gasteiger partial charge in [-0.15, -0.1) is 0 Å². The molecule has 2 rings (SSSR count). The average Bonchev–Trinajstić information content (AvgIpc) is 2.44. The third-order valence-electron chi connectivity index (χ3n) is 3.56. The number of aromatic nitrogens is 1. The maximum atomic E-state index is 10.8. The van der Waals surface area contributed by atoms with E-state index in [1.807, 2.05) is 24.5 Å². The van der Waals surface area contributed by atoms with Crippen LogP contribution < -0.4 is 15.4 Å². The van der Waals surface area contributed by atoms with Crippen LogP contribution in [0, 0.1) is 0 Å². The summed E-state index contributed by atoms with van der Waals surface area (Å²) in [4.78, 5) is 6.38. The van der Waals surface area contributed by atoms with Crippen molar-refractivity contribution in [3.8, 4) is 0 Å². The quantitative estimate of drug-likeness (QED) is 0.738. The van der Waals surface area contributed by atoms with Crippen LogP contribution in [0.3, 0.4) is 0 Å². The summed E-state index contributed by atoms with van der Waals surface area (Å²) in [5.41, 5.74) is 1.22. The summed E-state index contributed by atoms with van der Waals surface area (Å²) in [6.45, 7) is 2.73. The van der Waals surface area contributed by atoms with Crippen molar-refractivity contribution in [3.63, 3.8) is 0 Å². The van der Waals surface area contributed by atoms with E-state index in [9.17, 15) is 8.42 Å². The summed E-state index contributed by atoms with van der Waals surface area (Å²) < 4.78 is 21.6. The Hall–Kier alpha value is -1.18. The van der Waals surface area contributed by atoms with Gasteiger partial charge in [0.25, 0.3) is 0 Å². The molecule has 0 atom stereocenters. The van der Waals surface area contributed by atoms with Crippen molar-refractivity contribution >= 4 is 15.7 Å². The van der Waals surface area contributed by atoms with Crippen molar-refractivity contribution in [3.05, 3.63) is 24.5 Å². The van der Waals surface area contributed by atoms with Gasteiger partial charge in [-0.1, -0.05) is 0 Å². The highest BCUT2D eigenvalue weighted by Crippen LogP contribution is 2.18. The molecule has 1 saturated heterocycles. The number of sulfonamides is 1. The zero-order chi connectivity index (χ0) is 14.4. The van der Waals surface area contributed by atoms with Crippen LogP contribution in [0.4, 0.5) is 5.69 Å². The molecule has 0 aliphatic carbocycles. The first-order chi connectivity index (χ1) is 9.54. The number of piperidine rings is 1. The molecule has 1 aromatic heterocycles. The zero-order valence-electron chi connectivity index (χ0n) is 11.5. The number of primary sulfonamides is 1. The third kappa shape index (κ3) is 5.07. The molecule has 0 spiro atoms. The first-order valence-electron chi connectivity index (χ1n) is 6.93. The Balaban J connectivity index is 1.67. The average molecular weight is 298 g/mol. The number of anilines is 1. The van der Waals surface area contributed by atoms with Crippen LogP contribution in [-0.2, 0) is 10.0 Å². The fraction of sp³-hybridized carbons (Fsp3) is 0.615. The van der Waals surface area contributed by atoms with Crippen molar-refractivity contribution in [1.29, 1.82) is 0 Å². The van der Waals surface area contributed by atoms with Crippen LogP contribution in [0.1, 0.15) is 19.3 Å². The predicted octanol–water partition coefficient (Wildman–Crippen LogP) is 0.319. The van der Waals surface area contributed by atoms with E-state index < -0.39 is 10.0 Å². The minimum Gasteiger partial charge on any atom is -0.371 e. The van der Waals surface area contributed by atoms with Crippen LogP contribution in [0.25, 0.3) is 0 Å². The molecule has 0 radical (unpaired) electrons. The molecule has 1 fully saturated rings. The molecule has 1 aliphatic rings. The number of rotatable bonds is 6. The summed E-state index contributed by atoms with van der Waals surface area (Å²) in [6, 6.07) is 4.52. The van der Waals surface area contributed by atoms with Crippen LogP contribution in [-0.4, -0.2) is 44.8 Å². The van der Waals surface area contributed by atoms with Crippen LogP contribution in [0.5, 0.6) is 0 Å². The van der Waals surface area contributed by atoms with E-state index in [0.717, 1.165) is 25.9 Å². The summed E-state index contributed by atoms with van der Waals surface area (Å²) >= 11 is 0. The molecule has 20 heavy (non-hydrogen) atoms. The smallest absolute Gasteiger partial charge is 0.209 e. The lowest BCUT2D eigenvalue weighted by Crippen LogP contribution is -2.43. The molecular weight excluding hydrogens is 276 g/mol. The van der Waals surface area contributed by atoms with Gasteiger partial charge in [0, 0.05) is 37.2 Å². The van der Waals surface area contributed by atoms with Crippen LogP contribution in [0.15, 0.2) is 24.5 Å². The molecule has 0 unspecified atom stereocenters. The van der Waals surface area contributed by atoms with E-state index in [4.69, 9.17) is 5.14 Å². The second kappa shape index (κ2) is 7.01. The van der Waals surface area contributed by atoms with Gasteiger partial charge >= 0.3 is 0 Å². The fourth-order valence-electron chi connectivity index (χ4n) is 2.48. The lowest BCUT2D eigenvalue weighted by atomic mass is 10.0. The van der Waals surface area contributed by atoms with Gasteiger partial charge in [-0.05, 0) is 37.9 Å². The topological polar surface area (TPSA) is 88.3 Å². The minimum atomic E-state index is -3.33. The maximum Gasteiger partial charge on any atom is 0.209 e. The predicted molar refractivity (Wildman–Crippen MR) is 80.1 cm³/mol. The molecule has 6 nitrogen and oxygen atoms in total. The van der Waals surface area contributed by atoms with Crippen molar-refractivity contribution in [2.24, 2.45) is 5.14 Å². The van der Waals surface area contributed by atoms with Gasteiger partial charge in [-0.3, -0.25) is 4.98 Å². The molecule has 1 aliphatic heterocycles. The van der Waals surface area contributed by atoms with Gasteiger partial charge in [0.2, 0.25) is 10.0 Å². The highest BCUT2D eigenvalue weighted by Gasteiger charge is 2.18. The number of pyridine rings is 1. The second-order valence-electron chi connectivity index (χ2n) is 5.14. The zero-order valence-corrected chi connectivity index (χ0v) is 12.3. The summed E-state index contributed by atoms with van der Waals surface area (Å²) in [7, 11) is -3.33. The molecule has 0 amide bonds. The van der Waals surface area contributed by atoms with Gasteiger partial charge in [-0.25, -0.2) is 13.6 Å². The molecule has 7 heteroatoms. The molecular formula is C13H22N4O2S. The molecule has 0 aromatic carbocycles. The Morgan fingerprint density at radius 1 is 1.30 bits per heavy atom. The maximum absolute atomic E-state index is 10.8. The Kier molecular flexibility index (Phi) is 5.33. The molecule has 1 aromatic rings. The Bertz CT molecular complexity index is 498. The van der Waals surface area contributed by atoms with Gasteiger partial charge < -0.3 is 10.2 Å². The minimum absolute atomic E-state index is 0.0514. The third-order valence-corrected chi connectivity index (χ3v) is 4.42. The summed E-state index contributed by atoms with van der Waals surface area (Å²) in [5, 5.41) is 8.38. The summed E-state index contributed by atoms with van der Waals surface area (Å²) in [5.74, 6) is 0.0514. The number of nitrogens with one attached hydrogen (secondary N) is 1. The van der Waals surface area contributed by atoms with E-state index in [0.29, 0.717) is 19.0 Å². The van der Waals surface area contributed by atoms with Gasteiger partial charge in [0.1, 0.15) is 0 Å². The number of nitrogens with two attached hydrogens (primary N) is 1. The number of hydrogen-bond donors (Lipinski definition) is 2. The lowest BCUT2D eigenvalue weighted by Gasteiger charge is -2.34. The van der Waals surface area contributed by atoms with Crippen LogP contribution in [0.2, 0.25) is 0 Å². The summed E-state index contributed by atoms with van der Waals surface area (Å²) in [6.07, 6.45) is 6.33. The molecule has 0 bridgehead atoms. The Labute approximate surface area is 120 Å². The fourth-order valence-corrected chi connectivity index (χ4v) is 3.02. The normalized spacial score (nSPS) is 17.4. The van der Waals surface area contributed by atoms with Crippen molar-refractivity contribution in [1.82, 2.24) is 10.3 Å². The lowest BCUT2D eigenvalue weighted by molar-refractivity contribution is 0.416.